The zero-order valence-corrected chi connectivity index (χ0v) is 14.4. The Morgan fingerprint density at radius 2 is 1.71 bits per heavy atom. The van der Waals surface area contributed by atoms with Crippen molar-refractivity contribution < 1.29 is 9.95 Å². The highest BCUT2D eigenvalue weighted by atomic mass is 16.5. The summed E-state index contributed by atoms with van der Waals surface area (Å²) in [6.07, 6.45) is 5.47. The van der Waals surface area contributed by atoms with Gasteiger partial charge in [0.05, 0.1) is 0 Å². The maximum Gasteiger partial charge on any atom is 0.257 e. The Balaban J connectivity index is 0.00000100. The van der Waals surface area contributed by atoms with Crippen molar-refractivity contribution in [3.8, 4) is 0 Å². The molecule has 1 heterocycles. The molecule has 3 rings (SSSR count). The fourth-order valence-corrected chi connectivity index (χ4v) is 2.27. The van der Waals surface area contributed by atoms with Crippen molar-refractivity contribution in [2.24, 2.45) is 0 Å². The van der Waals surface area contributed by atoms with Crippen LogP contribution in [0.1, 0.15) is 30.8 Å². The van der Waals surface area contributed by atoms with E-state index in [2.05, 4.69) is 21.7 Å². The lowest BCUT2D eigenvalue weighted by atomic mass is 10.1. The van der Waals surface area contributed by atoms with Gasteiger partial charge < -0.3 is 4.57 Å². The second-order valence-electron chi connectivity index (χ2n) is 5.15. The number of hydrogen-bond acceptors (Lipinski definition) is 2. The van der Waals surface area contributed by atoms with Crippen LogP contribution in [0.3, 0.4) is 0 Å². The number of rotatable bonds is 4. The lowest BCUT2D eigenvalue weighted by molar-refractivity contribution is -0.709. The van der Waals surface area contributed by atoms with Crippen molar-refractivity contribution in [3.05, 3.63) is 83.9 Å². The molecule has 1 aromatic heterocycles. The molecule has 1 N–H and O–H groups in total. The molecule has 0 fully saturated rings. The molecule has 0 radical (unpaired) electrons. The van der Waals surface area contributed by atoms with Gasteiger partial charge in [0, 0.05) is 41.4 Å². The average molecular weight is 322 g/mol. The Bertz CT molecular complexity index is 774. The topological polar surface area (TPSA) is 41.1 Å². The van der Waals surface area contributed by atoms with Crippen LogP contribution in [0, 0.1) is 6.92 Å². The Kier molecular flexibility index (Phi) is 6.32. The summed E-state index contributed by atoms with van der Waals surface area (Å²) in [7, 11) is 0. The highest BCUT2D eigenvalue weighted by molar-refractivity contribution is 5.76. The van der Waals surface area contributed by atoms with E-state index < -0.39 is 0 Å². The lowest BCUT2D eigenvalue weighted by Crippen LogP contribution is -2.03. The predicted octanol–water partition coefficient (Wildman–Crippen LogP) is 4.42. The average Bonchev–Trinajstić information content (AvgIpc) is 3.04. The first-order valence-electron chi connectivity index (χ1n) is 8.17. The number of nitrogens with zero attached hydrogens (tertiary/aromatic N) is 3. The van der Waals surface area contributed by atoms with Gasteiger partial charge in [-0.25, -0.2) is 4.98 Å². The smallest absolute Gasteiger partial charge is 0.257 e. The summed E-state index contributed by atoms with van der Waals surface area (Å²) in [5.74, 6) is 1.00. The molecule has 4 heteroatoms. The molecule has 0 aliphatic heterocycles. The minimum atomic E-state index is 0.737. The Hall–Kier alpha value is -2.88. The molecule has 0 spiro atoms. The number of benzene rings is 2. The third kappa shape index (κ3) is 4.56. The summed E-state index contributed by atoms with van der Waals surface area (Å²) in [5.41, 5.74) is 2.88. The predicted molar refractivity (Wildman–Crippen MR) is 97.2 cm³/mol. The normalized spacial score (nSPS) is 10.9. The van der Waals surface area contributed by atoms with E-state index in [0.717, 1.165) is 28.4 Å². The highest BCUT2D eigenvalue weighted by Crippen LogP contribution is 2.10. The minimum Gasteiger partial charge on any atom is -0.331 e. The summed E-state index contributed by atoms with van der Waals surface area (Å²) in [6, 6.07) is 17.5. The second kappa shape index (κ2) is 8.67. The summed E-state index contributed by atoms with van der Waals surface area (Å²) < 4.78 is 3.23. The molecular weight excluding hydrogens is 298 g/mol. The zero-order chi connectivity index (χ0) is 17.4. The van der Waals surface area contributed by atoms with Crippen molar-refractivity contribution >= 4 is 11.9 Å². The maximum atomic E-state index is 10.1. The summed E-state index contributed by atoms with van der Waals surface area (Å²) in [4.78, 5) is 4.22. The highest BCUT2D eigenvalue weighted by Gasteiger charge is 2.06. The van der Waals surface area contributed by atoms with E-state index >= 15 is 0 Å². The van der Waals surface area contributed by atoms with E-state index in [9.17, 15) is 5.21 Å². The van der Waals surface area contributed by atoms with Crippen LogP contribution < -0.4 is 0 Å². The van der Waals surface area contributed by atoms with Crippen molar-refractivity contribution in [2.45, 2.75) is 27.3 Å². The molecule has 4 nitrogen and oxygen atoms in total. The molecule has 0 unspecified atom stereocenters. The third-order valence-electron chi connectivity index (χ3n) is 3.55. The number of hydrogen-bond donors (Lipinski definition) is 1. The Morgan fingerprint density at radius 1 is 1.04 bits per heavy atom. The van der Waals surface area contributed by atoms with Crippen LogP contribution in [0.4, 0.5) is 5.69 Å². The molecular formula is C20H24N3O+. The van der Waals surface area contributed by atoms with Gasteiger partial charge in [-0.15, -0.1) is 0 Å². The van der Waals surface area contributed by atoms with Gasteiger partial charge >= 0.3 is 0 Å². The number of aryl methyl sites for hydroxylation is 1. The van der Waals surface area contributed by atoms with E-state index in [1.165, 1.54) is 5.56 Å². The largest absolute Gasteiger partial charge is 0.331 e. The second-order valence-corrected chi connectivity index (χ2v) is 5.15. The fourth-order valence-electron chi connectivity index (χ4n) is 2.27. The standard InChI is InChI=1S/C18H18N3O.C2H6/c1-15-19-11-12-20(15)13-16-7-9-17(10-8-16)14-21(22)18-5-3-2-4-6-18;1-2/h2-12,14,22H,13H2,1H3;1-2H3/q+1;/b21-14-;. The molecule has 3 aromatic rings. The quantitative estimate of drug-likeness (QED) is 0.334. The fraction of sp³-hybridized carbons (Fsp3) is 0.200. The molecule has 2 aromatic carbocycles. The van der Waals surface area contributed by atoms with Gasteiger partial charge in [0.15, 0.2) is 0 Å². The van der Waals surface area contributed by atoms with Crippen LogP contribution in [0.5, 0.6) is 0 Å². The van der Waals surface area contributed by atoms with Gasteiger partial charge in [-0.1, -0.05) is 44.2 Å². The monoisotopic (exact) mass is 322 g/mol. The molecule has 0 aliphatic rings. The van der Waals surface area contributed by atoms with E-state index in [1.54, 1.807) is 12.4 Å². The van der Waals surface area contributed by atoms with Gasteiger partial charge in [-0.3, -0.25) is 5.21 Å². The SMILES string of the molecule is CC.Cc1nccn1Cc1ccc(/C=[N+](\O)c2ccccc2)cc1. The summed E-state index contributed by atoms with van der Waals surface area (Å²) >= 11 is 0. The summed E-state index contributed by atoms with van der Waals surface area (Å²) in [6.45, 7) is 6.79. The van der Waals surface area contributed by atoms with Crippen molar-refractivity contribution in [2.75, 3.05) is 0 Å². The first kappa shape index (κ1) is 17.5. The van der Waals surface area contributed by atoms with Crippen LogP contribution in [0.15, 0.2) is 67.0 Å². The molecule has 24 heavy (non-hydrogen) atoms. The van der Waals surface area contributed by atoms with Crippen LogP contribution in [0.2, 0.25) is 0 Å². The Labute approximate surface area is 143 Å². The van der Waals surface area contributed by atoms with E-state index in [-0.39, 0.29) is 0 Å². The zero-order valence-electron chi connectivity index (χ0n) is 14.4. The third-order valence-corrected chi connectivity index (χ3v) is 3.55. The van der Waals surface area contributed by atoms with Crippen LogP contribution in [0.25, 0.3) is 0 Å². The lowest BCUT2D eigenvalue weighted by Gasteiger charge is -2.05. The van der Waals surface area contributed by atoms with Crippen LogP contribution >= 0.6 is 0 Å². The van der Waals surface area contributed by atoms with Crippen LogP contribution in [-0.2, 0) is 6.54 Å². The van der Waals surface area contributed by atoms with Gasteiger partial charge in [-0.2, -0.15) is 0 Å². The van der Waals surface area contributed by atoms with Crippen LogP contribution in [-0.4, -0.2) is 25.7 Å². The number of para-hydroxylation sites is 1. The number of imidazole rings is 1. The van der Waals surface area contributed by atoms with Crippen molar-refractivity contribution in [3.63, 3.8) is 0 Å². The molecule has 0 saturated heterocycles. The van der Waals surface area contributed by atoms with E-state index in [4.69, 9.17) is 0 Å². The van der Waals surface area contributed by atoms with Crippen molar-refractivity contribution in [1.82, 2.24) is 9.55 Å². The Morgan fingerprint density at radius 3 is 2.29 bits per heavy atom. The minimum absolute atomic E-state index is 0.737. The van der Waals surface area contributed by atoms with Crippen molar-refractivity contribution in [1.29, 1.82) is 0 Å². The molecule has 0 atom stereocenters. The molecule has 124 valence electrons. The molecule has 0 bridgehead atoms. The molecule has 0 aliphatic carbocycles. The summed E-state index contributed by atoms with van der Waals surface area (Å²) in [5, 5.41) is 10.1. The van der Waals surface area contributed by atoms with Gasteiger partial charge in [0.1, 0.15) is 5.82 Å². The van der Waals surface area contributed by atoms with Gasteiger partial charge in [0.25, 0.3) is 5.69 Å². The van der Waals surface area contributed by atoms with E-state index in [0.29, 0.717) is 0 Å². The number of aromatic nitrogens is 2. The molecule has 0 amide bonds. The first-order valence-corrected chi connectivity index (χ1v) is 8.17. The van der Waals surface area contributed by atoms with Gasteiger partial charge in [0.2, 0.25) is 6.21 Å². The van der Waals surface area contributed by atoms with Gasteiger partial charge in [-0.05, 0) is 24.6 Å². The van der Waals surface area contributed by atoms with E-state index in [1.807, 2.05) is 69.4 Å². The maximum absolute atomic E-state index is 10.1. The first-order chi connectivity index (χ1) is 11.7. The molecule has 0 saturated carbocycles.